The van der Waals surface area contributed by atoms with Crippen LogP contribution in [0.2, 0.25) is 0 Å². The molecule has 88 valence electrons. The summed E-state index contributed by atoms with van der Waals surface area (Å²) < 4.78 is 6.70. The molecular formula is C13H18BrNO. The first kappa shape index (κ1) is 13.3. The van der Waals surface area contributed by atoms with Crippen molar-refractivity contribution in [1.29, 1.82) is 0 Å². The smallest absolute Gasteiger partial charge is 0.126 e. The first-order valence-corrected chi connectivity index (χ1v) is 6.29. The summed E-state index contributed by atoms with van der Waals surface area (Å²) in [6, 6.07) is 6.04. The Morgan fingerprint density at radius 3 is 2.88 bits per heavy atom. The molecule has 1 aromatic carbocycles. The van der Waals surface area contributed by atoms with Crippen LogP contribution in [0.4, 0.5) is 0 Å². The summed E-state index contributed by atoms with van der Waals surface area (Å²) in [7, 11) is 0. The van der Waals surface area contributed by atoms with E-state index in [4.69, 9.17) is 10.5 Å². The molecule has 0 radical (unpaired) electrons. The van der Waals surface area contributed by atoms with Crippen molar-refractivity contribution in [2.45, 2.75) is 26.3 Å². The third-order valence-electron chi connectivity index (χ3n) is 2.01. The lowest BCUT2D eigenvalue weighted by atomic mass is 10.1. The molecular weight excluding hydrogens is 266 g/mol. The molecule has 0 aliphatic carbocycles. The highest BCUT2D eigenvalue weighted by molar-refractivity contribution is 9.10. The maximum atomic E-state index is 5.69. The lowest BCUT2D eigenvalue weighted by Gasteiger charge is -2.09. The van der Waals surface area contributed by atoms with Gasteiger partial charge in [0.15, 0.2) is 0 Å². The van der Waals surface area contributed by atoms with Gasteiger partial charge < -0.3 is 10.5 Å². The zero-order chi connectivity index (χ0) is 12.0. The largest absolute Gasteiger partial charge is 0.493 e. The number of ether oxygens (including phenoxy) is 1. The predicted molar refractivity (Wildman–Crippen MR) is 72.6 cm³/mol. The van der Waals surface area contributed by atoms with Gasteiger partial charge in [-0.05, 0) is 31.5 Å². The Balaban J connectivity index is 2.89. The van der Waals surface area contributed by atoms with Crippen LogP contribution in [-0.2, 0) is 0 Å². The normalized spacial score (nSPS) is 13.0. The van der Waals surface area contributed by atoms with E-state index in [0.29, 0.717) is 0 Å². The molecule has 0 saturated heterocycles. The van der Waals surface area contributed by atoms with Gasteiger partial charge in [-0.25, -0.2) is 0 Å². The molecule has 1 aromatic rings. The van der Waals surface area contributed by atoms with Gasteiger partial charge in [-0.15, -0.1) is 0 Å². The second-order valence-electron chi connectivity index (χ2n) is 3.75. The molecule has 2 N–H and O–H groups in total. The van der Waals surface area contributed by atoms with E-state index in [-0.39, 0.29) is 6.04 Å². The van der Waals surface area contributed by atoms with Gasteiger partial charge >= 0.3 is 0 Å². The standard InChI is InChI=1S/C13H18BrNO/c1-3-8-16-13-7-6-12(14)9-11(13)5-4-10(2)15/h4-7,9-10H,3,8,15H2,1-2H3/b5-4+. The van der Waals surface area contributed by atoms with E-state index in [9.17, 15) is 0 Å². The molecule has 0 fully saturated rings. The van der Waals surface area contributed by atoms with E-state index in [0.717, 1.165) is 28.8 Å². The molecule has 0 aliphatic heterocycles. The maximum Gasteiger partial charge on any atom is 0.126 e. The van der Waals surface area contributed by atoms with Gasteiger partial charge in [0.05, 0.1) is 6.61 Å². The fraction of sp³-hybridized carbons (Fsp3) is 0.385. The van der Waals surface area contributed by atoms with Gasteiger partial charge in [-0.2, -0.15) is 0 Å². The van der Waals surface area contributed by atoms with Gasteiger partial charge in [0, 0.05) is 16.1 Å². The summed E-state index contributed by atoms with van der Waals surface area (Å²) in [5.74, 6) is 0.905. The molecule has 0 saturated carbocycles. The van der Waals surface area contributed by atoms with Gasteiger partial charge in [0.2, 0.25) is 0 Å². The van der Waals surface area contributed by atoms with Gasteiger partial charge in [-0.1, -0.05) is 35.0 Å². The van der Waals surface area contributed by atoms with Gasteiger partial charge in [-0.3, -0.25) is 0 Å². The van der Waals surface area contributed by atoms with Gasteiger partial charge in [0.25, 0.3) is 0 Å². The van der Waals surface area contributed by atoms with Crippen molar-refractivity contribution in [3.63, 3.8) is 0 Å². The van der Waals surface area contributed by atoms with Crippen LogP contribution in [0.15, 0.2) is 28.7 Å². The maximum absolute atomic E-state index is 5.69. The number of hydrogen-bond donors (Lipinski definition) is 1. The van der Waals surface area contributed by atoms with Gasteiger partial charge in [0.1, 0.15) is 5.75 Å². The molecule has 16 heavy (non-hydrogen) atoms. The molecule has 0 bridgehead atoms. The van der Waals surface area contributed by atoms with Crippen LogP contribution in [0.1, 0.15) is 25.8 Å². The molecule has 1 rings (SSSR count). The average molecular weight is 284 g/mol. The van der Waals surface area contributed by atoms with E-state index in [1.165, 1.54) is 0 Å². The van der Waals surface area contributed by atoms with Crippen LogP contribution < -0.4 is 10.5 Å². The molecule has 0 amide bonds. The monoisotopic (exact) mass is 283 g/mol. The molecule has 3 heteroatoms. The minimum absolute atomic E-state index is 0.0537. The third-order valence-corrected chi connectivity index (χ3v) is 2.51. The minimum atomic E-state index is 0.0537. The molecule has 0 spiro atoms. The first-order chi connectivity index (χ1) is 7.63. The highest BCUT2D eigenvalue weighted by atomic mass is 79.9. The first-order valence-electron chi connectivity index (χ1n) is 5.49. The topological polar surface area (TPSA) is 35.2 Å². The van der Waals surface area contributed by atoms with Crippen LogP contribution >= 0.6 is 15.9 Å². The number of hydrogen-bond acceptors (Lipinski definition) is 2. The minimum Gasteiger partial charge on any atom is -0.493 e. The Kier molecular flexibility index (Phi) is 5.56. The summed E-state index contributed by atoms with van der Waals surface area (Å²) in [5.41, 5.74) is 6.74. The van der Waals surface area contributed by atoms with Crippen molar-refractivity contribution in [3.8, 4) is 5.75 Å². The zero-order valence-corrected chi connectivity index (χ0v) is 11.3. The molecule has 0 heterocycles. The van der Waals surface area contributed by atoms with Crippen molar-refractivity contribution in [2.75, 3.05) is 6.61 Å². The fourth-order valence-electron chi connectivity index (χ4n) is 1.25. The highest BCUT2D eigenvalue weighted by Crippen LogP contribution is 2.24. The van der Waals surface area contributed by atoms with E-state index < -0.39 is 0 Å². The van der Waals surface area contributed by atoms with Crippen molar-refractivity contribution in [3.05, 3.63) is 34.3 Å². The number of benzene rings is 1. The number of nitrogens with two attached hydrogens (primary N) is 1. The number of rotatable bonds is 5. The molecule has 1 atom stereocenters. The Labute approximate surface area is 106 Å². The Hall–Kier alpha value is -0.800. The van der Waals surface area contributed by atoms with E-state index in [2.05, 4.69) is 22.9 Å². The SMILES string of the molecule is CCCOc1ccc(Br)cc1/C=C/C(C)N. The predicted octanol–water partition coefficient (Wildman–Crippen LogP) is 3.60. The van der Waals surface area contributed by atoms with Crippen LogP contribution in [0.25, 0.3) is 6.08 Å². The fourth-order valence-corrected chi connectivity index (χ4v) is 1.63. The summed E-state index contributed by atoms with van der Waals surface area (Å²) in [6.07, 6.45) is 4.97. The van der Waals surface area contributed by atoms with E-state index >= 15 is 0 Å². The lowest BCUT2D eigenvalue weighted by Crippen LogP contribution is -2.10. The third kappa shape index (κ3) is 4.37. The molecule has 1 unspecified atom stereocenters. The van der Waals surface area contributed by atoms with Crippen molar-refractivity contribution in [1.82, 2.24) is 0 Å². The van der Waals surface area contributed by atoms with E-state index in [1.54, 1.807) is 0 Å². The Morgan fingerprint density at radius 1 is 1.50 bits per heavy atom. The second kappa shape index (κ2) is 6.71. The van der Waals surface area contributed by atoms with Crippen LogP contribution in [0.5, 0.6) is 5.75 Å². The number of halogens is 1. The summed E-state index contributed by atoms with van der Waals surface area (Å²) in [4.78, 5) is 0. The molecule has 0 aliphatic rings. The van der Waals surface area contributed by atoms with Crippen LogP contribution in [-0.4, -0.2) is 12.6 Å². The van der Waals surface area contributed by atoms with E-state index in [1.807, 2.05) is 37.3 Å². The van der Waals surface area contributed by atoms with Crippen LogP contribution in [0, 0.1) is 0 Å². The summed E-state index contributed by atoms with van der Waals surface area (Å²) in [6.45, 7) is 4.78. The molecule has 0 aromatic heterocycles. The Bertz CT molecular complexity index is 361. The lowest BCUT2D eigenvalue weighted by molar-refractivity contribution is 0.316. The summed E-state index contributed by atoms with van der Waals surface area (Å²) >= 11 is 3.45. The van der Waals surface area contributed by atoms with Crippen molar-refractivity contribution < 1.29 is 4.74 Å². The zero-order valence-electron chi connectivity index (χ0n) is 9.74. The molecule has 2 nitrogen and oxygen atoms in total. The van der Waals surface area contributed by atoms with Crippen LogP contribution in [0.3, 0.4) is 0 Å². The van der Waals surface area contributed by atoms with Crippen molar-refractivity contribution >= 4 is 22.0 Å². The quantitative estimate of drug-likeness (QED) is 0.896. The second-order valence-corrected chi connectivity index (χ2v) is 4.66. The summed E-state index contributed by atoms with van der Waals surface area (Å²) in [5, 5.41) is 0. The Morgan fingerprint density at radius 2 is 2.25 bits per heavy atom. The average Bonchev–Trinajstić information content (AvgIpc) is 2.25. The van der Waals surface area contributed by atoms with Crippen molar-refractivity contribution in [2.24, 2.45) is 5.73 Å². The highest BCUT2D eigenvalue weighted by Gasteiger charge is 2.01.